The number of rotatable bonds is 12. The molecule has 16 aromatic rings. The molecule has 109 heavy (non-hydrogen) atoms. The number of azo groups is 4. The molecule has 29 heteroatoms. The zero-order valence-corrected chi connectivity index (χ0v) is 61.8. The molecule has 0 aromatic heterocycles. The first-order valence-electron chi connectivity index (χ1n) is 32.2. The molecule has 16 rings (SSSR count). The molecule has 16 aromatic carbocycles. The molecule has 0 saturated carbocycles. The Labute approximate surface area is 651 Å². The number of hydrogen-bond donors (Lipinski definition) is 4. The predicted octanol–water partition coefficient (Wildman–Crippen LogP) is 19.7. The Kier molecular flexibility index (Phi) is 22.7. The van der Waals surface area contributed by atoms with Gasteiger partial charge in [0.15, 0.2) is 0 Å². The first kappa shape index (κ1) is 76.7. The van der Waals surface area contributed by atoms with Crippen molar-refractivity contribution in [2.45, 2.75) is 19.6 Å². The van der Waals surface area contributed by atoms with Crippen LogP contribution in [-0.2, 0) is 40.5 Å². The quantitative estimate of drug-likeness (QED) is 0.0501. The average molecular weight is 1550 g/mol. The summed E-state index contributed by atoms with van der Waals surface area (Å²) >= 11 is 0. The normalized spacial score (nSPS) is 12.1. The van der Waals surface area contributed by atoms with Crippen molar-refractivity contribution in [2.75, 3.05) is 0 Å². The van der Waals surface area contributed by atoms with E-state index in [1.807, 2.05) is 48.5 Å². The van der Waals surface area contributed by atoms with E-state index in [1.165, 1.54) is 48.5 Å². The van der Waals surface area contributed by atoms with Crippen LogP contribution in [0.15, 0.2) is 352 Å². The third kappa shape index (κ3) is 16.9. The van der Waals surface area contributed by atoms with Crippen molar-refractivity contribution in [3.05, 3.63) is 291 Å². The number of hydrogen-bond acceptors (Lipinski definition) is 24. The molecule has 0 atom stereocenters. The van der Waals surface area contributed by atoms with E-state index >= 15 is 0 Å². The second-order valence-electron chi connectivity index (χ2n) is 23.8. The second kappa shape index (κ2) is 32.3. The Bertz CT molecular complexity index is 6090. The number of fused-ring (bicyclic) bond motifs is 8. The Morgan fingerprint density at radius 2 is 0.312 bits per heavy atom. The van der Waals surface area contributed by atoms with Gasteiger partial charge in [0, 0.05) is 43.1 Å². The minimum absolute atomic E-state index is 0. The second-order valence-corrected chi connectivity index (χ2v) is 29.2. The fraction of sp³-hybridized carbons (Fsp3) is 0. The molecule has 0 heterocycles. The van der Waals surface area contributed by atoms with Crippen LogP contribution < -0.4 is 0 Å². The summed E-state index contributed by atoms with van der Waals surface area (Å²) in [5, 5.41) is 84.3. The molecule has 4 N–H and O–H groups in total. The number of nitrogens with zero attached hydrogens (tertiary/aromatic N) is 8. The van der Waals surface area contributed by atoms with Gasteiger partial charge in [0.2, 0.25) is 0 Å². The molecule has 0 aliphatic carbocycles. The average Bonchev–Trinajstić information content (AvgIpc) is 0.787. The van der Waals surface area contributed by atoms with Crippen molar-refractivity contribution < 1.29 is 72.3 Å². The van der Waals surface area contributed by atoms with Crippen LogP contribution >= 0.6 is 0 Å². The fourth-order valence-electron chi connectivity index (χ4n) is 12.0. The first-order chi connectivity index (χ1) is 51.8. The summed E-state index contributed by atoms with van der Waals surface area (Å²) in [7, 11) is -19.0. The van der Waals surface area contributed by atoms with Gasteiger partial charge in [-0.1, -0.05) is 243 Å². The van der Waals surface area contributed by atoms with E-state index < -0.39 is 60.1 Å². The van der Waals surface area contributed by atoms with Gasteiger partial charge in [-0.2, -0.15) is 0 Å². The number of phenolic OH excluding ortho intramolecular Hbond substituents is 4. The van der Waals surface area contributed by atoms with E-state index in [1.54, 1.807) is 194 Å². The molecule has 0 fully saturated rings. The Hall–Kier alpha value is -11.9. The van der Waals surface area contributed by atoms with E-state index in [2.05, 4.69) is 40.9 Å². The Balaban J connectivity index is 0.000000135. The van der Waals surface area contributed by atoms with Gasteiger partial charge in [-0.15, -0.1) is 40.9 Å². The van der Waals surface area contributed by atoms with Crippen LogP contribution in [0.5, 0.6) is 23.0 Å². The van der Waals surface area contributed by atoms with E-state index in [-0.39, 0.29) is 106 Å². The standard InChI is InChI=1S/4C20H14N2O4S.Ca/c4*23-17-11-9-13-5-1-3-7-15(13)19(17)21-22-20-16-8-4-2-6-14(16)10-12-18(20)27(24,25)26;/h4*1-12,23H,(H,24,25,26);/q;;;;+2/p-4. The third-order valence-corrected chi connectivity index (χ3v) is 20.5. The van der Waals surface area contributed by atoms with E-state index in [0.29, 0.717) is 43.1 Å². The molecule has 0 aliphatic rings. The van der Waals surface area contributed by atoms with Crippen molar-refractivity contribution in [1.82, 2.24) is 0 Å². The van der Waals surface area contributed by atoms with E-state index in [9.17, 15) is 72.3 Å². The minimum Gasteiger partial charge on any atom is -0.744 e. The van der Waals surface area contributed by atoms with Crippen LogP contribution in [0.1, 0.15) is 0 Å². The molecule has 0 amide bonds. The van der Waals surface area contributed by atoms with Crippen molar-refractivity contribution in [1.29, 1.82) is 0 Å². The summed E-state index contributed by atoms with van der Waals surface area (Å²) in [5.74, 6) is -0.373. The number of aromatic hydroxyl groups is 4. The molecule has 0 unspecified atom stereocenters. The van der Waals surface area contributed by atoms with Gasteiger partial charge in [-0.25, -0.2) is 33.7 Å². The number of benzene rings is 16. The maximum Gasteiger partial charge on any atom is 2.00 e. The topological polar surface area (TPSA) is 409 Å². The summed E-state index contributed by atoms with van der Waals surface area (Å²) in [5.41, 5.74) is 0.632. The predicted molar refractivity (Wildman–Crippen MR) is 413 cm³/mol. The summed E-state index contributed by atoms with van der Waals surface area (Å²) in [6, 6.07) is 81.1. The minimum atomic E-state index is -4.75. The maximum absolute atomic E-state index is 11.7. The van der Waals surface area contributed by atoms with Gasteiger partial charge in [0.25, 0.3) is 0 Å². The van der Waals surface area contributed by atoms with Crippen molar-refractivity contribution in [2.24, 2.45) is 40.9 Å². The smallest absolute Gasteiger partial charge is 0.744 e. The maximum atomic E-state index is 11.7. The van der Waals surface area contributed by atoms with Gasteiger partial charge in [-0.05, 0) is 91.6 Å². The zero-order chi connectivity index (χ0) is 76.1. The molecule has 0 bridgehead atoms. The monoisotopic (exact) mass is 1550 g/mol. The van der Waals surface area contributed by atoms with Gasteiger partial charge < -0.3 is 38.6 Å². The molecule has 0 aliphatic heterocycles. The van der Waals surface area contributed by atoms with Gasteiger partial charge in [0.05, 0.1) is 19.6 Å². The zero-order valence-electron chi connectivity index (χ0n) is 56.3. The molecular formula is C80H52CaN8O16S4-2. The third-order valence-electron chi connectivity index (χ3n) is 17.0. The summed E-state index contributed by atoms with van der Waals surface area (Å²) in [6.45, 7) is 0. The molecule has 0 radical (unpaired) electrons. The van der Waals surface area contributed by atoms with Gasteiger partial charge >= 0.3 is 37.7 Å². The van der Waals surface area contributed by atoms with E-state index in [0.717, 1.165) is 43.1 Å². The number of phenols is 4. The molecule has 536 valence electrons. The molecular weight excluding hydrogens is 1500 g/mol. The van der Waals surface area contributed by atoms with E-state index in [4.69, 9.17) is 0 Å². The van der Waals surface area contributed by atoms with Crippen molar-refractivity contribution >= 4 is 210 Å². The first-order valence-corrected chi connectivity index (χ1v) is 37.8. The molecule has 0 saturated heterocycles. The Morgan fingerprint density at radius 3 is 0.468 bits per heavy atom. The van der Waals surface area contributed by atoms with Crippen LogP contribution in [0, 0.1) is 0 Å². The summed E-state index contributed by atoms with van der Waals surface area (Å²) in [4.78, 5) is -1.82. The van der Waals surface area contributed by atoms with Crippen LogP contribution in [0.2, 0.25) is 0 Å². The van der Waals surface area contributed by atoms with Crippen molar-refractivity contribution in [3.8, 4) is 23.0 Å². The SMILES string of the molecule is O=S(=O)([O-])c1ccc2ccccc2c1N=Nc1c(O)ccc2ccccc12.O=S(=O)([O-])c1ccc2ccccc2c1N=Nc1c(O)ccc2ccccc12.O=S(=O)([O-])c1ccc2ccccc2c1N=Nc1c(O)ccc2ccccc12.O=S(=O)([O-])c1ccc2ccccc2c1N=Nc1c(O)ccc2ccccc12.[Ca+2]. The van der Waals surface area contributed by atoms with Crippen LogP contribution in [0.25, 0.3) is 86.2 Å². The Morgan fingerprint density at radius 1 is 0.183 bits per heavy atom. The summed E-state index contributed by atoms with van der Waals surface area (Å²) < 4.78 is 140. The van der Waals surface area contributed by atoms with Gasteiger partial charge in [-0.3, -0.25) is 0 Å². The summed E-state index contributed by atoms with van der Waals surface area (Å²) in [6.07, 6.45) is 0. The molecule has 0 spiro atoms. The van der Waals surface area contributed by atoms with Crippen LogP contribution in [0.4, 0.5) is 45.5 Å². The van der Waals surface area contributed by atoms with Crippen LogP contribution in [0.3, 0.4) is 0 Å². The largest absolute Gasteiger partial charge is 2.00 e. The van der Waals surface area contributed by atoms with Crippen molar-refractivity contribution in [3.63, 3.8) is 0 Å². The van der Waals surface area contributed by atoms with Crippen LogP contribution in [-0.4, -0.2) is 110 Å². The molecule has 24 nitrogen and oxygen atoms in total. The van der Waals surface area contributed by atoms with Gasteiger partial charge in [0.1, 0.15) is 109 Å². The fourth-order valence-corrected chi connectivity index (χ4v) is 14.4.